The third kappa shape index (κ3) is 2.77. The Morgan fingerprint density at radius 2 is 2.56 bits per heavy atom. The van der Waals surface area contributed by atoms with Crippen molar-refractivity contribution in [3.05, 3.63) is 11.6 Å². The van der Waals surface area contributed by atoms with Crippen LogP contribution in [0.5, 0.6) is 0 Å². The zero-order chi connectivity index (χ0) is 11.4. The lowest BCUT2D eigenvalue weighted by molar-refractivity contribution is 0.0286. The average Bonchev–Trinajstić information content (AvgIpc) is 2.74. The highest BCUT2D eigenvalue weighted by atomic mass is 16.5. The highest BCUT2D eigenvalue weighted by Gasteiger charge is 2.16. The van der Waals surface area contributed by atoms with Crippen molar-refractivity contribution in [3.8, 4) is 0 Å². The standard InChI is InChI=1S/C9H15N5O2/c1-6-12-8(14-13-6)9(15)11-5-7-4-10-2-3-16-7/h7,10H,2-5H2,1H3,(H,11,15)(H,12,13,14). The van der Waals surface area contributed by atoms with Crippen LogP contribution in [0.2, 0.25) is 0 Å². The molecule has 3 N–H and O–H groups in total. The van der Waals surface area contributed by atoms with Gasteiger partial charge in [0.15, 0.2) is 0 Å². The molecule has 7 nitrogen and oxygen atoms in total. The lowest BCUT2D eigenvalue weighted by Gasteiger charge is -2.23. The van der Waals surface area contributed by atoms with Gasteiger partial charge in [-0.1, -0.05) is 0 Å². The van der Waals surface area contributed by atoms with Gasteiger partial charge in [-0.2, -0.15) is 0 Å². The molecule has 1 unspecified atom stereocenters. The molecule has 0 bridgehead atoms. The van der Waals surface area contributed by atoms with Crippen LogP contribution in [-0.2, 0) is 4.74 Å². The molecule has 2 rings (SSSR count). The molecule has 16 heavy (non-hydrogen) atoms. The van der Waals surface area contributed by atoms with Gasteiger partial charge in [-0.15, -0.1) is 5.10 Å². The van der Waals surface area contributed by atoms with Gasteiger partial charge in [0.05, 0.1) is 12.7 Å². The van der Waals surface area contributed by atoms with Crippen LogP contribution in [-0.4, -0.2) is 53.4 Å². The van der Waals surface area contributed by atoms with E-state index in [4.69, 9.17) is 4.74 Å². The fourth-order valence-electron chi connectivity index (χ4n) is 1.48. The SMILES string of the molecule is Cc1nc(C(=O)NCC2CNCCO2)n[nH]1. The summed E-state index contributed by atoms with van der Waals surface area (Å²) >= 11 is 0. The van der Waals surface area contributed by atoms with Crippen molar-refractivity contribution >= 4 is 5.91 Å². The van der Waals surface area contributed by atoms with Crippen LogP contribution in [0.4, 0.5) is 0 Å². The molecule has 0 saturated carbocycles. The number of rotatable bonds is 3. The number of hydrogen-bond acceptors (Lipinski definition) is 5. The van der Waals surface area contributed by atoms with E-state index in [2.05, 4.69) is 25.8 Å². The van der Waals surface area contributed by atoms with E-state index in [-0.39, 0.29) is 17.8 Å². The Labute approximate surface area is 93.0 Å². The Morgan fingerprint density at radius 1 is 1.69 bits per heavy atom. The molecule has 1 atom stereocenters. The molecule has 88 valence electrons. The van der Waals surface area contributed by atoms with Gasteiger partial charge in [0.1, 0.15) is 5.82 Å². The first-order valence-electron chi connectivity index (χ1n) is 5.25. The monoisotopic (exact) mass is 225 g/mol. The molecule has 1 aliphatic rings. The Kier molecular flexibility index (Phi) is 3.47. The maximum absolute atomic E-state index is 11.6. The minimum atomic E-state index is -0.279. The lowest BCUT2D eigenvalue weighted by Crippen LogP contribution is -2.45. The number of nitrogens with zero attached hydrogens (tertiary/aromatic N) is 2. The van der Waals surface area contributed by atoms with Crippen molar-refractivity contribution in [2.75, 3.05) is 26.2 Å². The molecule has 0 aromatic carbocycles. The summed E-state index contributed by atoms with van der Waals surface area (Å²) in [5.74, 6) is 0.514. The number of hydrogen-bond donors (Lipinski definition) is 3. The number of amides is 1. The molecule has 1 aromatic heterocycles. The second-order valence-electron chi connectivity index (χ2n) is 3.65. The molecule has 0 radical (unpaired) electrons. The van der Waals surface area contributed by atoms with Crippen LogP contribution in [0, 0.1) is 6.92 Å². The predicted molar refractivity (Wildman–Crippen MR) is 56.1 cm³/mol. The number of morpholine rings is 1. The zero-order valence-electron chi connectivity index (χ0n) is 9.12. The van der Waals surface area contributed by atoms with E-state index in [0.29, 0.717) is 19.0 Å². The maximum atomic E-state index is 11.6. The fraction of sp³-hybridized carbons (Fsp3) is 0.667. The van der Waals surface area contributed by atoms with Crippen LogP contribution in [0.1, 0.15) is 16.4 Å². The molecular formula is C9H15N5O2. The number of aromatic amines is 1. The Balaban J connectivity index is 1.79. The largest absolute Gasteiger partial charge is 0.374 e. The van der Waals surface area contributed by atoms with Crippen LogP contribution < -0.4 is 10.6 Å². The van der Waals surface area contributed by atoms with Crippen molar-refractivity contribution < 1.29 is 9.53 Å². The number of nitrogens with one attached hydrogen (secondary N) is 3. The van der Waals surface area contributed by atoms with E-state index >= 15 is 0 Å². The topological polar surface area (TPSA) is 91.9 Å². The van der Waals surface area contributed by atoms with Gasteiger partial charge >= 0.3 is 0 Å². The van der Waals surface area contributed by atoms with Gasteiger partial charge in [0, 0.05) is 19.6 Å². The van der Waals surface area contributed by atoms with Gasteiger partial charge < -0.3 is 15.4 Å². The lowest BCUT2D eigenvalue weighted by atomic mass is 10.3. The van der Waals surface area contributed by atoms with Crippen molar-refractivity contribution in [2.24, 2.45) is 0 Å². The van der Waals surface area contributed by atoms with E-state index < -0.39 is 0 Å². The summed E-state index contributed by atoms with van der Waals surface area (Å²) in [7, 11) is 0. The number of carbonyl (C=O) groups is 1. The smallest absolute Gasteiger partial charge is 0.291 e. The number of aryl methyl sites for hydroxylation is 1. The highest BCUT2D eigenvalue weighted by Crippen LogP contribution is 1.95. The first kappa shape index (κ1) is 11.0. The number of ether oxygens (including phenoxy) is 1. The number of aromatic nitrogens is 3. The normalized spacial score (nSPS) is 20.7. The van der Waals surface area contributed by atoms with Crippen LogP contribution in [0.3, 0.4) is 0 Å². The van der Waals surface area contributed by atoms with E-state index in [1.54, 1.807) is 6.92 Å². The summed E-state index contributed by atoms with van der Waals surface area (Å²) in [4.78, 5) is 15.5. The minimum Gasteiger partial charge on any atom is -0.374 e. The van der Waals surface area contributed by atoms with Gasteiger partial charge in [-0.05, 0) is 6.92 Å². The molecular weight excluding hydrogens is 210 g/mol. The quantitative estimate of drug-likeness (QED) is 0.603. The van der Waals surface area contributed by atoms with Crippen LogP contribution in [0.25, 0.3) is 0 Å². The van der Waals surface area contributed by atoms with E-state index in [9.17, 15) is 4.79 Å². The van der Waals surface area contributed by atoms with Crippen molar-refractivity contribution in [1.29, 1.82) is 0 Å². The Hall–Kier alpha value is -1.47. The predicted octanol–water partition coefficient (Wildman–Crippen LogP) is -1.17. The Bertz CT molecular complexity index is 359. The third-order valence-corrected chi connectivity index (χ3v) is 2.29. The maximum Gasteiger partial charge on any atom is 0.291 e. The minimum absolute atomic E-state index is 0.0257. The molecule has 1 aromatic rings. The number of carbonyl (C=O) groups excluding carboxylic acids is 1. The zero-order valence-corrected chi connectivity index (χ0v) is 9.12. The van der Waals surface area contributed by atoms with Crippen molar-refractivity contribution in [1.82, 2.24) is 25.8 Å². The molecule has 7 heteroatoms. The summed E-state index contributed by atoms with van der Waals surface area (Å²) < 4.78 is 5.44. The molecule has 2 heterocycles. The fourth-order valence-corrected chi connectivity index (χ4v) is 1.48. The Morgan fingerprint density at radius 3 is 3.19 bits per heavy atom. The van der Waals surface area contributed by atoms with Crippen molar-refractivity contribution in [3.63, 3.8) is 0 Å². The van der Waals surface area contributed by atoms with E-state index in [1.165, 1.54) is 0 Å². The molecule has 1 amide bonds. The molecule has 0 spiro atoms. The highest BCUT2D eigenvalue weighted by molar-refractivity contribution is 5.90. The second kappa shape index (κ2) is 5.04. The molecule has 1 aliphatic heterocycles. The molecule has 1 saturated heterocycles. The van der Waals surface area contributed by atoms with Crippen LogP contribution in [0.15, 0.2) is 0 Å². The summed E-state index contributed by atoms with van der Waals surface area (Å²) in [6.07, 6.45) is 0.0257. The molecule has 0 aliphatic carbocycles. The van der Waals surface area contributed by atoms with Gasteiger partial charge in [0.25, 0.3) is 5.91 Å². The van der Waals surface area contributed by atoms with Gasteiger partial charge in [-0.3, -0.25) is 9.89 Å². The second-order valence-corrected chi connectivity index (χ2v) is 3.65. The van der Waals surface area contributed by atoms with Crippen molar-refractivity contribution in [2.45, 2.75) is 13.0 Å². The number of H-pyrrole nitrogens is 1. The van der Waals surface area contributed by atoms with E-state index in [1.807, 2.05) is 0 Å². The van der Waals surface area contributed by atoms with E-state index in [0.717, 1.165) is 13.1 Å². The summed E-state index contributed by atoms with van der Waals surface area (Å²) in [6, 6.07) is 0. The summed E-state index contributed by atoms with van der Waals surface area (Å²) in [5.41, 5.74) is 0. The average molecular weight is 225 g/mol. The first-order valence-corrected chi connectivity index (χ1v) is 5.25. The van der Waals surface area contributed by atoms with Crippen LogP contribution >= 0.6 is 0 Å². The van der Waals surface area contributed by atoms with Gasteiger partial charge in [0.2, 0.25) is 5.82 Å². The first-order chi connectivity index (χ1) is 7.75. The third-order valence-electron chi connectivity index (χ3n) is 2.29. The summed E-state index contributed by atoms with van der Waals surface area (Å²) in [6.45, 7) is 4.52. The summed E-state index contributed by atoms with van der Waals surface area (Å²) in [5, 5.41) is 12.3. The van der Waals surface area contributed by atoms with Gasteiger partial charge in [-0.25, -0.2) is 4.98 Å². The molecule has 1 fully saturated rings.